The fourth-order valence-corrected chi connectivity index (χ4v) is 2.99. The van der Waals surface area contributed by atoms with Gasteiger partial charge in [-0.05, 0) is 42.5 Å². The summed E-state index contributed by atoms with van der Waals surface area (Å²) in [5.41, 5.74) is -0.780. The van der Waals surface area contributed by atoms with Crippen molar-refractivity contribution >= 4 is 33.3 Å². The quantitative estimate of drug-likeness (QED) is 0.610. The molecule has 0 aliphatic carbocycles. The Balaban J connectivity index is 2.22. The number of rotatable bonds is 3. The zero-order valence-electron chi connectivity index (χ0n) is 13.4. The van der Waals surface area contributed by atoms with Crippen LogP contribution in [0.15, 0.2) is 57.9 Å². The summed E-state index contributed by atoms with van der Waals surface area (Å²) in [4.78, 5) is 25.3. The SMILES string of the molecule is N#Cc1cc(C(=O)c2cc(Br)ccc2O)cn(-c2ccc(F)c(Cl)c2)c1=O. The molecule has 0 aliphatic heterocycles. The van der Waals surface area contributed by atoms with Crippen LogP contribution in [-0.4, -0.2) is 15.5 Å². The summed E-state index contributed by atoms with van der Waals surface area (Å²) in [5.74, 6) is -1.50. The molecule has 0 aliphatic rings. The standard InChI is InChI=1S/C19H9BrClFN2O3/c20-12-1-4-17(25)14(6-12)18(26)11-5-10(8-23)19(27)24(9-11)13-2-3-16(22)15(21)7-13/h1-7,9,25H. The topological polar surface area (TPSA) is 83.1 Å². The number of aromatic nitrogens is 1. The van der Waals surface area contributed by atoms with Crippen molar-refractivity contribution in [2.24, 2.45) is 0 Å². The van der Waals surface area contributed by atoms with Crippen LogP contribution in [0.25, 0.3) is 5.69 Å². The van der Waals surface area contributed by atoms with Crippen LogP contribution >= 0.6 is 27.5 Å². The lowest BCUT2D eigenvalue weighted by Gasteiger charge is -2.11. The number of phenolic OH excluding ortho intramolecular Hbond substituents is 1. The molecule has 0 amide bonds. The van der Waals surface area contributed by atoms with Gasteiger partial charge in [0.05, 0.1) is 16.3 Å². The average molecular weight is 448 g/mol. The van der Waals surface area contributed by atoms with Crippen LogP contribution in [0.1, 0.15) is 21.5 Å². The maximum absolute atomic E-state index is 13.4. The van der Waals surface area contributed by atoms with E-state index in [1.54, 1.807) is 12.1 Å². The molecule has 27 heavy (non-hydrogen) atoms. The largest absolute Gasteiger partial charge is 0.507 e. The number of nitriles is 1. The second kappa shape index (κ2) is 7.35. The summed E-state index contributed by atoms with van der Waals surface area (Å²) in [6, 6.07) is 10.8. The van der Waals surface area contributed by atoms with E-state index in [4.69, 9.17) is 11.6 Å². The number of pyridine rings is 1. The fraction of sp³-hybridized carbons (Fsp3) is 0. The van der Waals surface area contributed by atoms with Gasteiger partial charge in [-0.2, -0.15) is 5.26 Å². The van der Waals surface area contributed by atoms with Gasteiger partial charge in [0, 0.05) is 16.2 Å². The molecule has 1 heterocycles. The third-order valence-electron chi connectivity index (χ3n) is 3.78. The Kier molecular flexibility index (Phi) is 5.13. The van der Waals surface area contributed by atoms with Crippen LogP contribution in [-0.2, 0) is 0 Å². The van der Waals surface area contributed by atoms with Crippen molar-refractivity contribution in [1.82, 2.24) is 4.57 Å². The number of benzene rings is 2. The molecule has 0 fully saturated rings. The Morgan fingerprint density at radius 1 is 1.22 bits per heavy atom. The third-order valence-corrected chi connectivity index (χ3v) is 4.57. The molecule has 0 spiro atoms. The molecule has 0 unspecified atom stereocenters. The van der Waals surface area contributed by atoms with E-state index in [1.807, 2.05) is 0 Å². The molecule has 8 heteroatoms. The van der Waals surface area contributed by atoms with Crippen molar-refractivity contribution in [3.63, 3.8) is 0 Å². The highest BCUT2D eigenvalue weighted by atomic mass is 79.9. The zero-order chi connectivity index (χ0) is 19.7. The van der Waals surface area contributed by atoms with Gasteiger partial charge in [-0.25, -0.2) is 4.39 Å². The van der Waals surface area contributed by atoms with Crippen molar-refractivity contribution in [2.75, 3.05) is 0 Å². The number of hydrogen-bond donors (Lipinski definition) is 1. The van der Waals surface area contributed by atoms with Crippen molar-refractivity contribution in [3.05, 3.63) is 91.0 Å². The molecule has 5 nitrogen and oxygen atoms in total. The van der Waals surface area contributed by atoms with Crippen molar-refractivity contribution < 1.29 is 14.3 Å². The number of halogens is 3. The Bertz CT molecular complexity index is 1180. The first-order valence-corrected chi connectivity index (χ1v) is 8.64. The van der Waals surface area contributed by atoms with Crippen molar-refractivity contribution in [3.8, 4) is 17.5 Å². The molecule has 0 saturated carbocycles. The molecule has 3 rings (SSSR count). The highest BCUT2D eigenvalue weighted by Gasteiger charge is 2.18. The van der Waals surface area contributed by atoms with E-state index < -0.39 is 17.2 Å². The number of ketones is 1. The summed E-state index contributed by atoms with van der Waals surface area (Å²) in [5, 5.41) is 19.0. The molecule has 0 radical (unpaired) electrons. The van der Waals surface area contributed by atoms with Gasteiger partial charge in [0.25, 0.3) is 5.56 Å². The van der Waals surface area contributed by atoms with Gasteiger partial charge in [-0.1, -0.05) is 27.5 Å². The highest BCUT2D eigenvalue weighted by molar-refractivity contribution is 9.10. The first-order valence-electron chi connectivity index (χ1n) is 7.47. The summed E-state index contributed by atoms with van der Waals surface area (Å²) < 4.78 is 15.0. The summed E-state index contributed by atoms with van der Waals surface area (Å²) in [6.07, 6.45) is 1.22. The number of carbonyl (C=O) groups is 1. The molecule has 3 aromatic rings. The van der Waals surface area contributed by atoms with Gasteiger partial charge in [0.15, 0.2) is 5.78 Å². The van der Waals surface area contributed by atoms with E-state index in [2.05, 4.69) is 15.9 Å². The minimum absolute atomic E-state index is 0.00000236. The number of aromatic hydroxyl groups is 1. The summed E-state index contributed by atoms with van der Waals surface area (Å²) in [7, 11) is 0. The second-order valence-corrected chi connectivity index (χ2v) is 6.84. The molecule has 134 valence electrons. The average Bonchev–Trinajstić information content (AvgIpc) is 2.65. The number of carbonyl (C=O) groups excluding carboxylic acids is 1. The first-order chi connectivity index (χ1) is 12.8. The van der Waals surface area contributed by atoms with E-state index in [1.165, 1.54) is 30.5 Å². The van der Waals surface area contributed by atoms with Crippen molar-refractivity contribution in [2.45, 2.75) is 0 Å². The van der Waals surface area contributed by atoms with Gasteiger partial charge in [0.2, 0.25) is 0 Å². The Labute approximate surface area is 166 Å². The summed E-state index contributed by atoms with van der Waals surface area (Å²) >= 11 is 8.99. The Morgan fingerprint density at radius 2 is 1.96 bits per heavy atom. The lowest BCUT2D eigenvalue weighted by atomic mass is 10.0. The predicted octanol–water partition coefficient (Wildman–Crippen LogP) is 4.20. The number of phenols is 1. The molecule has 0 atom stereocenters. The minimum Gasteiger partial charge on any atom is -0.507 e. The maximum atomic E-state index is 13.4. The van der Waals surface area contributed by atoms with E-state index >= 15 is 0 Å². The van der Waals surface area contributed by atoms with Crippen LogP contribution in [0, 0.1) is 17.1 Å². The lowest BCUT2D eigenvalue weighted by molar-refractivity contribution is 0.103. The maximum Gasteiger partial charge on any atom is 0.273 e. The number of nitrogens with zero attached hydrogens (tertiary/aromatic N) is 2. The van der Waals surface area contributed by atoms with Gasteiger partial charge in [-0.3, -0.25) is 14.2 Å². The molecule has 0 saturated heterocycles. The van der Waals surface area contributed by atoms with Gasteiger partial charge in [0.1, 0.15) is 23.2 Å². The fourth-order valence-electron chi connectivity index (χ4n) is 2.46. The smallest absolute Gasteiger partial charge is 0.273 e. The van der Waals surface area contributed by atoms with Crippen LogP contribution in [0.3, 0.4) is 0 Å². The predicted molar refractivity (Wildman–Crippen MR) is 101 cm³/mol. The van der Waals surface area contributed by atoms with Crippen LogP contribution in [0.5, 0.6) is 5.75 Å². The van der Waals surface area contributed by atoms with E-state index in [0.717, 1.165) is 16.7 Å². The van der Waals surface area contributed by atoms with E-state index in [0.29, 0.717) is 4.47 Å². The molecule has 1 aromatic heterocycles. The monoisotopic (exact) mass is 446 g/mol. The van der Waals surface area contributed by atoms with E-state index in [-0.39, 0.29) is 33.1 Å². The molecular weight excluding hydrogens is 439 g/mol. The Hall–Kier alpha value is -2.95. The molecule has 2 aromatic carbocycles. The van der Waals surface area contributed by atoms with Gasteiger partial charge >= 0.3 is 0 Å². The van der Waals surface area contributed by atoms with Crippen LogP contribution < -0.4 is 5.56 Å². The van der Waals surface area contributed by atoms with Crippen LogP contribution in [0.4, 0.5) is 4.39 Å². The van der Waals surface area contributed by atoms with Gasteiger partial charge < -0.3 is 5.11 Å². The van der Waals surface area contributed by atoms with Gasteiger partial charge in [-0.15, -0.1) is 0 Å². The molecule has 1 N–H and O–H groups in total. The van der Waals surface area contributed by atoms with Crippen LogP contribution in [0.2, 0.25) is 5.02 Å². The normalized spacial score (nSPS) is 10.4. The highest BCUT2D eigenvalue weighted by Crippen LogP contribution is 2.25. The second-order valence-electron chi connectivity index (χ2n) is 5.52. The molecular formula is C19H9BrClFN2O3. The third kappa shape index (κ3) is 3.63. The first kappa shape index (κ1) is 18.8. The lowest BCUT2D eigenvalue weighted by Crippen LogP contribution is -2.22. The minimum atomic E-state index is -0.685. The Morgan fingerprint density at radius 3 is 2.63 bits per heavy atom. The molecule has 0 bridgehead atoms. The zero-order valence-corrected chi connectivity index (χ0v) is 15.8. The summed E-state index contributed by atoms with van der Waals surface area (Å²) in [6.45, 7) is 0. The van der Waals surface area contributed by atoms with E-state index in [9.17, 15) is 24.3 Å². The van der Waals surface area contributed by atoms with Crippen molar-refractivity contribution in [1.29, 1.82) is 5.26 Å². The number of hydrogen-bond acceptors (Lipinski definition) is 4.